The van der Waals surface area contributed by atoms with Gasteiger partial charge in [0.25, 0.3) is 0 Å². The van der Waals surface area contributed by atoms with E-state index in [1.165, 1.54) is 135 Å². The Morgan fingerprint density at radius 1 is 0.560 bits per heavy atom. The van der Waals surface area contributed by atoms with Crippen molar-refractivity contribution in [2.75, 3.05) is 39.5 Å². The lowest BCUT2D eigenvalue weighted by molar-refractivity contribution is -0.145. The van der Waals surface area contributed by atoms with Crippen LogP contribution in [-0.4, -0.2) is 61.4 Å². The second kappa shape index (κ2) is 33.7. The zero-order chi connectivity index (χ0) is 36.4. The maximum atomic E-state index is 12.6. The molecule has 1 aliphatic carbocycles. The Kier molecular flexibility index (Phi) is 31.6. The van der Waals surface area contributed by atoms with Crippen LogP contribution in [0.1, 0.15) is 220 Å². The highest BCUT2D eigenvalue weighted by atomic mass is 16.5. The van der Waals surface area contributed by atoms with Gasteiger partial charge in [-0.2, -0.15) is 0 Å². The Hall–Kier alpha value is -1.14. The Balaban J connectivity index is 2.11. The molecule has 50 heavy (non-hydrogen) atoms. The average molecular weight is 708 g/mol. The van der Waals surface area contributed by atoms with Crippen molar-refractivity contribution in [1.29, 1.82) is 0 Å². The molecule has 1 rings (SSSR count). The van der Waals surface area contributed by atoms with Crippen molar-refractivity contribution in [3.63, 3.8) is 0 Å². The fourth-order valence-corrected chi connectivity index (χ4v) is 7.44. The van der Waals surface area contributed by atoms with Crippen LogP contribution in [0.2, 0.25) is 0 Å². The Morgan fingerprint density at radius 2 is 1.04 bits per heavy atom. The molecule has 1 fully saturated rings. The molecular formula is C44H85NO5. The van der Waals surface area contributed by atoms with Gasteiger partial charge in [-0.3, -0.25) is 9.59 Å². The van der Waals surface area contributed by atoms with Gasteiger partial charge in [-0.1, -0.05) is 136 Å². The highest BCUT2D eigenvalue weighted by Crippen LogP contribution is 2.53. The van der Waals surface area contributed by atoms with Gasteiger partial charge in [-0.05, 0) is 102 Å². The molecule has 0 atom stereocenters. The van der Waals surface area contributed by atoms with Crippen LogP contribution >= 0.6 is 0 Å². The van der Waals surface area contributed by atoms with Gasteiger partial charge in [0.2, 0.25) is 0 Å². The number of unbranched alkanes of at least 4 members (excludes halogenated alkanes) is 16. The topological polar surface area (TPSA) is 76.1 Å². The van der Waals surface area contributed by atoms with Gasteiger partial charge in [0.15, 0.2) is 0 Å². The van der Waals surface area contributed by atoms with Crippen molar-refractivity contribution in [2.45, 2.75) is 220 Å². The van der Waals surface area contributed by atoms with Crippen LogP contribution in [0.5, 0.6) is 0 Å². The maximum absolute atomic E-state index is 12.6. The summed E-state index contributed by atoms with van der Waals surface area (Å²) < 4.78 is 11.1. The molecule has 6 heteroatoms. The predicted octanol–water partition coefficient (Wildman–Crippen LogP) is 12.1. The van der Waals surface area contributed by atoms with Crippen LogP contribution in [-0.2, 0) is 19.1 Å². The molecular weight excluding hydrogens is 622 g/mol. The van der Waals surface area contributed by atoms with Crippen LogP contribution in [0.15, 0.2) is 0 Å². The van der Waals surface area contributed by atoms with Crippen molar-refractivity contribution in [3.05, 3.63) is 0 Å². The van der Waals surface area contributed by atoms with E-state index in [9.17, 15) is 14.7 Å². The van der Waals surface area contributed by atoms with Crippen molar-refractivity contribution < 1.29 is 24.2 Å². The number of rotatable bonds is 39. The number of hydrogen-bond donors (Lipinski definition) is 1. The molecule has 0 bridgehead atoms. The summed E-state index contributed by atoms with van der Waals surface area (Å²) in [6.45, 7) is 11.6. The highest BCUT2D eigenvalue weighted by molar-refractivity contribution is 5.70. The van der Waals surface area contributed by atoms with E-state index in [1.54, 1.807) is 0 Å². The summed E-state index contributed by atoms with van der Waals surface area (Å²) >= 11 is 0. The Labute approximate surface area is 311 Å². The summed E-state index contributed by atoms with van der Waals surface area (Å²) in [5.74, 6) is 0.875. The summed E-state index contributed by atoms with van der Waals surface area (Å²) in [6, 6.07) is 0. The molecule has 0 amide bonds. The molecule has 1 saturated carbocycles. The third-order valence-corrected chi connectivity index (χ3v) is 11.1. The maximum Gasteiger partial charge on any atom is 0.306 e. The standard InChI is InChI=1S/C44H85NO5/c1-4-7-10-11-12-14-18-30-42(47)49-38-25-16-13-15-21-34-45(36-23-24-37-46)35-22-17-20-31-44(32-33-44)40-43(48)50-39-26-19-29-41(27-8-5-2)28-9-6-3/h41,46H,4-40H2,1-3H3. The van der Waals surface area contributed by atoms with Crippen molar-refractivity contribution in [3.8, 4) is 0 Å². The molecule has 0 heterocycles. The molecule has 0 spiro atoms. The lowest BCUT2D eigenvalue weighted by atomic mass is 9.91. The summed E-state index contributed by atoms with van der Waals surface area (Å²) in [7, 11) is 0. The Morgan fingerprint density at radius 3 is 1.64 bits per heavy atom. The molecule has 0 aliphatic heterocycles. The first-order chi connectivity index (χ1) is 24.5. The third-order valence-electron chi connectivity index (χ3n) is 11.1. The molecule has 296 valence electrons. The highest BCUT2D eigenvalue weighted by Gasteiger charge is 2.43. The van der Waals surface area contributed by atoms with E-state index in [4.69, 9.17) is 9.47 Å². The zero-order valence-electron chi connectivity index (χ0n) is 33.8. The number of aliphatic hydroxyl groups excluding tert-OH is 1. The van der Waals surface area contributed by atoms with E-state index < -0.39 is 0 Å². The summed E-state index contributed by atoms with van der Waals surface area (Å²) in [5, 5.41) is 9.27. The fraction of sp³-hybridized carbons (Fsp3) is 0.955. The fourth-order valence-electron chi connectivity index (χ4n) is 7.44. The first-order valence-electron chi connectivity index (χ1n) is 22.1. The van der Waals surface area contributed by atoms with Crippen LogP contribution in [0.25, 0.3) is 0 Å². The van der Waals surface area contributed by atoms with Gasteiger partial charge >= 0.3 is 11.9 Å². The van der Waals surface area contributed by atoms with Gasteiger partial charge in [0, 0.05) is 13.0 Å². The van der Waals surface area contributed by atoms with Gasteiger partial charge in [-0.15, -0.1) is 0 Å². The minimum atomic E-state index is -0.0170. The molecule has 0 radical (unpaired) electrons. The lowest BCUT2D eigenvalue weighted by Crippen LogP contribution is -2.27. The number of esters is 2. The normalized spacial score (nSPS) is 13.7. The first-order valence-corrected chi connectivity index (χ1v) is 22.1. The molecule has 0 unspecified atom stereocenters. The first kappa shape index (κ1) is 46.9. The van der Waals surface area contributed by atoms with E-state index in [2.05, 4.69) is 25.7 Å². The summed E-state index contributed by atoms with van der Waals surface area (Å²) in [5.41, 5.74) is 0.231. The van der Waals surface area contributed by atoms with Crippen LogP contribution in [0.4, 0.5) is 0 Å². The average Bonchev–Trinajstić information content (AvgIpc) is 3.87. The second-order valence-corrected chi connectivity index (χ2v) is 16.0. The SMILES string of the molecule is CCCCCCCCCC(=O)OCCCCCCCN(CCCCO)CCCCCC1(CC(=O)OCCCCC(CCCC)CCCC)CC1. The zero-order valence-corrected chi connectivity index (χ0v) is 33.8. The van der Waals surface area contributed by atoms with E-state index in [0.717, 1.165) is 76.9 Å². The van der Waals surface area contributed by atoms with Crippen LogP contribution < -0.4 is 0 Å². The van der Waals surface area contributed by atoms with Gasteiger partial charge in [0.05, 0.1) is 19.6 Å². The second-order valence-electron chi connectivity index (χ2n) is 16.0. The molecule has 0 aromatic heterocycles. The molecule has 0 saturated heterocycles. The third kappa shape index (κ3) is 28.4. The summed E-state index contributed by atoms with van der Waals surface area (Å²) in [4.78, 5) is 27.2. The Bertz CT molecular complexity index is 762. The predicted molar refractivity (Wildman–Crippen MR) is 212 cm³/mol. The van der Waals surface area contributed by atoms with E-state index in [1.807, 2.05) is 0 Å². The van der Waals surface area contributed by atoms with Gasteiger partial charge < -0.3 is 19.5 Å². The number of hydrogen-bond acceptors (Lipinski definition) is 6. The quantitative estimate of drug-likeness (QED) is 0.0506. The molecule has 0 aromatic rings. The number of ether oxygens (including phenoxy) is 2. The number of carbonyl (C=O) groups is 2. The van der Waals surface area contributed by atoms with Crippen LogP contribution in [0, 0.1) is 11.3 Å². The minimum absolute atomic E-state index is 0.0170. The van der Waals surface area contributed by atoms with E-state index in [-0.39, 0.29) is 24.0 Å². The molecule has 1 N–H and O–H groups in total. The smallest absolute Gasteiger partial charge is 0.306 e. The van der Waals surface area contributed by atoms with Crippen LogP contribution in [0.3, 0.4) is 0 Å². The van der Waals surface area contributed by atoms with Crippen molar-refractivity contribution in [2.24, 2.45) is 11.3 Å². The molecule has 1 aliphatic rings. The number of carbonyl (C=O) groups excluding carboxylic acids is 2. The van der Waals surface area contributed by atoms with Gasteiger partial charge in [0.1, 0.15) is 0 Å². The molecule has 6 nitrogen and oxygen atoms in total. The van der Waals surface area contributed by atoms with Crippen molar-refractivity contribution in [1.82, 2.24) is 4.90 Å². The monoisotopic (exact) mass is 708 g/mol. The van der Waals surface area contributed by atoms with Crippen molar-refractivity contribution >= 4 is 11.9 Å². The van der Waals surface area contributed by atoms with E-state index in [0.29, 0.717) is 26.1 Å². The number of aliphatic hydroxyl groups is 1. The molecule has 0 aromatic carbocycles. The summed E-state index contributed by atoms with van der Waals surface area (Å²) in [6.07, 6.45) is 36.1. The number of nitrogens with zero attached hydrogens (tertiary/aromatic N) is 1. The largest absolute Gasteiger partial charge is 0.466 e. The lowest BCUT2D eigenvalue weighted by Gasteiger charge is -2.22. The van der Waals surface area contributed by atoms with E-state index >= 15 is 0 Å². The minimum Gasteiger partial charge on any atom is -0.466 e. The van der Waals surface area contributed by atoms with Gasteiger partial charge in [-0.25, -0.2) is 0 Å².